The molecule has 0 amide bonds. The van der Waals surface area contributed by atoms with E-state index in [0.717, 1.165) is 64.2 Å². The first kappa shape index (κ1) is 42.5. The van der Waals surface area contributed by atoms with Crippen molar-refractivity contribution in [2.24, 2.45) is 0 Å². The Bertz CT molecular complexity index is 723. The van der Waals surface area contributed by atoms with Gasteiger partial charge in [0.05, 0.1) is 0 Å². The van der Waals surface area contributed by atoms with Crippen LogP contribution in [0.3, 0.4) is 0 Å². The van der Waals surface area contributed by atoms with E-state index >= 15 is 0 Å². The molecule has 1 heteroatoms. The minimum Gasteiger partial charge on any atom is -0.272 e. The van der Waals surface area contributed by atoms with Gasteiger partial charge < -0.3 is 0 Å². The van der Waals surface area contributed by atoms with Gasteiger partial charge in [0, 0.05) is 0 Å². The maximum atomic E-state index is 3.67. The summed E-state index contributed by atoms with van der Waals surface area (Å²) in [4.78, 5) is 0. The predicted molar refractivity (Wildman–Crippen MR) is 180 cm³/mol. The Balaban J connectivity index is 0. The molecule has 2 saturated carbocycles. The van der Waals surface area contributed by atoms with Gasteiger partial charge in [0.1, 0.15) is 0 Å². The summed E-state index contributed by atoms with van der Waals surface area (Å²) in [5, 5.41) is 0. The second kappa shape index (κ2) is 28.2. The first-order valence-electron chi connectivity index (χ1n) is 16.2. The molecule has 2 rings (SSSR count). The van der Waals surface area contributed by atoms with Gasteiger partial charge in [-0.1, -0.05) is 106 Å². The van der Waals surface area contributed by atoms with Crippen molar-refractivity contribution in [3.05, 3.63) is 121 Å². The van der Waals surface area contributed by atoms with E-state index in [-0.39, 0.29) is 21.7 Å². The standard InChI is InChI=1S/C30H50.2C5H5.Ti/c1-11-21-23(13-3)25(15-5)27(17-7)29(19-9)30(20-10)28(18-8)26(16-6)24(14-4)22-12-2;2*1-2-4-5-3-1;/h11-20H2,1-10H3;2*1-5H;/q-2;;;+2/b27-25+,28-26+,30-29-;;;. The van der Waals surface area contributed by atoms with Gasteiger partial charge in [-0.15, -0.1) is 24.0 Å². The molecule has 0 unspecified atom stereocenters. The smallest absolute Gasteiger partial charge is 0.272 e. The maximum absolute atomic E-state index is 3.67. The summed E-state index contributed by atoms with van der Waals surface area (Å²) in [5.41, 5.74) is 12.3. The van der Waals surface area contributed by atoms with Crippen LogP contribution < -0.4 is 0 Å². The number of hydrogen-bond acceptors (Lipinski definition) is 0. The molecule has 0 aliphatic heterocycles. The first-order valence-corrected chi connectivity index (χ1v) is 16.2. The second-order valence-electron chi connectivity index (χ2n) is 9.64. The molecule has 2 fully saturated rings. The summed E-state index contributed by atoms with van der Waals surface area (Å²) < 4.78 is 0. The molecular weight excluding hydrogens is 528 g/mol. The molecule has 0 N–H and O–H groups in total. The summed E-state index contributed by atoms with van der Waals surface area (Å²) >= 11 is 0. The second-order valence-corrected chi connectivity index (χ2v) is 9.64. The van der Waals surface area contributed by atoms with E-state index in [9.17, 15) is 0 Å². The van der Waals surface area contributed by atoms with Crippen LogP contribution in [0.1, 0.15) is 133 Å². The molecule has 2 aliphatic carbocycles. The molecule has 2 aliphatic rings. The Labute approximate surface area is 275 Å². The summed E-state index contributed by atoms with van der Waals surface area (Å²) in [6.07, 6.45) is 38.0. The van der Waals surface area contributed by atoms with E-state index in [1.807, 2.05) is 64.2 Å². The van der Waals surface area contributed by atoms with Crippen molar-refractivity contribution in [2.75, 3.05) is 0 Å². The van der Waals surface area contributed by atoms with Gasteiger partial charge >= 0.3 is 21.7 Å². The van der Waals surface area contributed by atoms with Gasteiger partial charge in [-0.25, -0.2) is 11.1 Å². The Kier molecular flexibility index (Phi) is 29.3. The predicted octanol–water partition coefficient (Wildman–Crippen LogP) is 12.5. The SMILES string of the molecule is CC[C-]=C(CC)/C(CC)=C(CC)/C(CC)=C(CC)\C(CC)=C(/CC)C(=[C-]CC)CC.[CH]1[CH][CH][CH][CH]1.[CH]1[CH][CH][CH][CH]1.[Ti+2]. The third kappa shape index (κ3) is 15.6. The zero-order chi connectivity index (χ0) is 30.2. The largest absolute Gasteiger partial charge is 2.00 e. The molecule has 41 heavy (non-hydrogen) atoms. The summed E-state index contributed by atoms with van der Waals surface area (Å²) in [5.74, 6) is 0. The fourth-order valence-electron chi connectivity index (χ4n) is 5.61. The minimum atomic E-state index is 0. The fourth-order valence-corrected chi connectivity index (χ4v) is 5.61. The molecule has 0 nitrogen and oxygen atoms in total. The Hall–Kier alpha value is -0.586. The van der Waals surface area contributed by atoms with E-state index in [0.29, 0.717) is 0 Å². The summed E-state index contributed by atoms with van der Waals surface area (Å²) in [6, 6.07) is 0. The van der Waals surface area contributed by atoms with Crippen LogP contribution in [0.15, 0.2) is 44.6 Å². The molecule has 0 heterocycles. The van der Waals surface area contributed by atoms with Gasteiger partial charge in [-0.3, -0.25) is 12.2 Å². The average molecular weight is 589 g/mol. The third-order valence-corrected chi connectivity index (χ3v) is 7.27. The number of rotatable bonds is 14. The molecule has 0 aromatic rings. The summed E-state index contributed by atoms with van der Waals surface area (Å²) in [7, 11) is 0. The van der Waals surface area contributed by atoms with E-state index in [2.05, 4.69) is 81.4 Å². The van der Waals surface area contributed by atoms with Crippen molar-refractivity contribution in [3.8, 4) is 0 Å². The average Bonchev–Trinajstić information content (AvgIpc) is 3.76. The Morgan fingerprint density at radius 1 is 0.317 bits per heavy atom. The van der Waals surface area contributed by atoms with Gasteiger partial charge in [0.25, 0.3) is 0 Å². The molecule has 0 aromatic heterocycles. The fraction of sp³-hybridized carbons (Fsp3) is 0.500. The van der Waals surface area contributed by atoms with Crippen LogP contribution in [-0.4, -0.2) is 0 Å². The van der Waals surface area contributed by atoms with Gasteiger partial charge in [0.2, 0.25) is 0 Å². The van der Waals surface area contributed by atoms with Crippen molar-refractivity contribution < 1.29 is 21.7 Å². The molecule has 10 radical (unpaired) electrons. The van der Waals surface area contributed by atoms with E-state index in [4.69, 9.17) is 0 Å². The van der Waals surface area contributed by atoms with Crippen LogP contribution in [0, 0.1) is 76.4 Å². The molecular formula is C40H60Ti. The number of hydrogen-bond donors (Lipinski definition) is 0. The Morgan fingerprint density at radius 3 is 0.659 bits per heavy atom. The van der Waals surface area contributed by atoms with Crippen LogP contribution in [0.5, 0.6) is 0 Å². The Morgan fingerprint density at radius 2 is 0.512 bits per heavy atom. The van der Waals surface area contributed by atoms with E-state index < -0.39 is 0 Å². The van der Waals surface area contributed by atoms with Gasteiger partial charge in [0.15, 0.2) is 0 Å². The minimum absolute atomic E-state index is 0. The quantitative estimate of drug-likeness (QED) is 0.108. The van der Waals surface area contributed by atoms with Crippen molar-refractivity contribution in [3.63, 3.8) is 0 Å². The maximum Gasteiger partial charge on any atom is 2.00 e. The zero-order valence-electron chi connectivity index (χ0n) is 28.3. The van der Waals surface area contributed by atoms with E-state index in [1.165, 1.54) is 11.1 Å². The molecule has 224 valence electrons. The van der Waals surface area contributed by atoms with Crippen molar-refractivity contribution in [1.82, 2.24) is 0 Å². The topological polar surface area (TPSA) is 0 Å². The monoisotopic (exact) mass is 588 g/mol. The van der Waals surface area contributed by atoms with Crippen molar-refractivity contribution >= 4 is 0 Å². The van der Waals surface area contributed by atoms with Crippen molar-refractivity contribution in [1.29, 1.82) is 0 Å². The van der Waals surface area contributed by atoms with Crippen LogP contribution in [0.2, 0.25) is 0 Å². The normalized spacial score (nSPS) is 17.3. The molecule has 0 bridgehead atoms. The first-order chi connectivity index (χ1) is 19.5. The third-order valence-electron chi connectivity index (χ3n) is 7.27. The van der Waals surface area contributed by atoms with Crippen LogP contribution >= 0.6 is 0 Å². The molecule has 0 spiro atoms. The van der Waals surface area contributed by atoms with Gasteiger partial charge in [-0.05, 0) is 89.9 Å². The van der Waals surface area contributed by atoms with Crippen LogP contribution in [-0.2, 0) is 21.7 Å². The van der Waals surface area contributed by atoms with E-state index in [1.54, 1.807) is 33.4 Å². The number of allylic oxidation sites excluding steroid dienone is 10. The van der Waals surface area contributed by atoms with Gasteiger partial charge in [-0.2, -0.15) is 11.1 Å². The zero-order valence-corrected chi connectivity index (χ0v) is 29.9. The molecule has 0 aromatic carbocycles. The van der Waals surface area contributed by atoms with Crippen LogP contribution in [0.25, 0.3) is 0 Å². The van der Waals surface area contributed by atoms with Crippen LogP contribution in [0.4, 0.5) is 0 Å². The molecule has 0 atom stereocenters. The molecule has 0 saturated heterocycles. The van der Waals surface area contributed by atoms with Crippen molar-refractivity contribution in [2.45, 2.75) is 133 Å². The summed E-state index contributed by atoms with van der Waals surface area (Å²) in [6.45, 7) is 23.0.